The van der Waals surface area contributed by atoms with Crippen molar-refractivity contribution in [1.29, 1.82) is 0 Å². The molecule has 0 aromatic heterocycles. The molecule has 0 amide bonds. The van der Waals surface area contributed by atoms with E-state index >= 15 is 0 Å². The Morgan fingerprint density at radius 3 is 2.75 bits per heavy atom. The van der Waals surface area contributed by atoms with Crippen LogP contribution < -0.4 is 10.2 Å². The van der Waals surface area contributed by atoms with Crippen molar-refractivity contribution in [3.8, 4) is 5.75 Å². The summed E-state index contributed by atoms with van der Waals surface area (Å²) in [5, 5.41) is 9.92. The fourth-order valence-corrected chi connectivity index (χ4v) is 2.62. The van der Waals surface area contributed by atoms with Gasteiger partial charge >= 0.3 is 7.12 Å². The predicted octanol–water partition coefficient (Wildman–Crippen LogP) is 2.10. The average molecular weight is 268 g/mol. The maximum atomic E-state index is 9.92. The van der Waals surface area contributed by atoms with Gasteiger partial charge < -0.3 is 14.4 Å². The number of hydrogen-bond acceptors (Lipinski definition) is 3. The number of benzene rings is 2. The van der Waals surface area contributed by atoms with E-state index in [0.717, 1.165) is 33.5 Å². The van der Waals surface area contributed by atoms with Crippen LogP contribution in [-0.4, -0.2) is 12.1 Å². The number of ether oxygens (including phenoxy) is 1. The van der Waals surface area contributed by atoms with Crippen LogP contribution in [0, 0.1) is 13.8 Å². The lowest BCUT2D eigenvalue weighted by Crippen LogP contribution is -2.31. The van der Waals surface area contributed by atoms with Gasteiger partial charge in [-0.1, -0.05) is 30.3 Å². The number of hydrogen-bond donors (Lipinski definition) is 1. The summed E-state index contributed by atoms with van der Waals surface area (Å²) in [7, 11) is -0.830. The largest absolute Gasteiger partial charge is 0.492 e. The molecule has 1 heterocycles. The van der Waals surface area contributed by atoms with Gasteiger partial charge in [-0.2, -0.15) is 0 Å². The van der Waals surface area contributed by atoms with E-state index in [2.05, 4.69) is 0 Å². The van der Waals surface area contributed by atoms with Crippen molar-refractivity contribution in [2.75, 3.05) is 0 Å². The Balaban J connectivity index is 1.88. The van der Waals surface area contributed by atoms with Gasteiger partial charge in [0, 0.05) is 0 Å². The van der Waals surface area contributed by atoms with Gasteiger partial charge in [-0.3, -0.25) is 0 Å². The maximum Gasteiger partial charge on any atom is 0.492 e. The highest BCUT2D eigenvalue weighted by Crippen LogP contribution is 2.26. The lowest BCUT2D eigenvalue weighted by molar-refractivity contribution is 0.275. The minimum Gasteiger partial charge on any atom is -0.489 e. The van der Waals surface area contributed by atoms with Crippen LogP contribution in [0.2, 0.25) is 0 Å². The average Bonchev–Trinajstić information content (AvgIpc) is 2.85. The molecular formula is C16H17BO3. The second-order valence-corrected chi connectivity index (χ2v) is 5.15. The molecule has 1 aliphatic heterocycles. The Morgan fingerprint density at radius 1 is 1.25 bits per heavy atom. The van der Waals surface area contributed by atoms with Crippen LogP contribution >= 0.6 is 0 Å². The lowest BCUT2D eigenvalue weighted by Gasteiger charge is -2.14. The maximum absolute atomic E-state index is 9.92. The summed E-state index contributed by atoms with van der Waals surface area (Å²) in [4.78, 5) is 0. The van der Waals surface area contributed by atoms with Gasteiger partial charge in [-0.25, -0.2) is 0 Å². The molecule has 3 nitrogen and oxygen atoms in total. The minimum absolute atomic E-state index is 0.474. The molecule has 2 aromatic rings. The van der Waals surface area contributed by atoms with Crippen molar-refractivity contribution in [2.45, 2.75) is 27.1 Å². The topological polar surface area (TPSA) is 38.7 Å². The van der Waals surface area contributed by atoms with Crippen LogP contribution in [0.15, 0.2) is 36.4 Å². The third-order valence-electron chi connectivity index (χ3n) is 3.79. The van der Waals surface area contributed by atoms with E-state index < -0.39 is 7.12 Å². The van der Waals surface area contributed by atoms with E-state index in [4.69, 9.17) is 9.39 Å². The molecule has 0 saturated carbocycles. The van der Waals surface area contributed by atoms with Crippen LogP contribution in [0.25, 0.3) is 0 Å². The van der Waals surface area contributed by atoms with Gasteiger partial charge in [0.2, 0.25) is 0 Å². The fraction of sp³-hybridized carbons (Fsp3) is 0.250. The number of fused-ring (bicyclic) bond motifs is 1. The summed E-state index contributed by atoms with van der Waals surface area (Å²) in [6.45, 7) is 4.99. The first-order valence-corrected chi connectivity index (χ1v) is 6.76. The van der Waals surface area contributed by atoms with Gasteiger partial charge in [0.15, 0.2) is 0 Å². The third-order valence-corrected chi connectivity index (χ3v) is 3.79. The molecule has 0 aliphatic carbocycles. The van der Waals surface area contributed by atoms with E-state index in [1.807, 2.05) is 50.2 Å². The Labute approximate surface area is 119 Å². The summed E-state index contributed by atoms with van der Waals surface area (Å²) in [6, 6.07) is 12.1. The molecule has 0 bridgehead atoms. The molecule has 0 spiro atoms. The molecule has 2 aromatic carbocycles. The fourth-order valence-electron chi connectivity index (χ4n) is 2.62. The lowest BCUT2D eigenvalue weighted by atomic mass is 9.75. The number of rotatable bonds is 3. The molecule has 0 fully saturated rings. The van der Waals surface area contributed by atoms with Gasteiger partial charge in [-0.05, 0) is 47.6 Å². The first kappa shape index (κ1) is 13.2. The van der Waals surface area contributed by atoms with Gasteiger partial charge in [-0.15, -0.1) is 0 Å². The van der Waals surface area contributed by atoms with Crippen molar-refractivity contribution in [3.05, 3.63) is 58.7 Å². The van der Waals surface area contributed by atoms with Crippen LogP contribution in [0.5, 0.6) is 5.75 Å². The smallest absolute Gasteiger partial charge is 0.489 e. The molecule has 0 atom stereocenters. The molecule has 1 N–H and O–H groups in total. The first-order valence-electron chi connectivity index (χ1n) is 6.76. The third kappa shape index (κ3) is 2.32. The zero-order chi connectivity index (χ0) is 14.1. The SMILES string of the molecule is Cc1cc(OCc2ccccc2)c(C)c2c1COB2O. The molecule has 0 radical (unpaired) electrons. The van der Waals surface area contributed by atoms with Crippen LogP contribution in [0.1, 0.15) is 22.3 Å². The minimum atomic E-state index is -0.830. The van der Waals surface area contributed by atoms with Crippen LogP contribution in [0.3, 0.4) is 0 Å². The van der Waals surface area contributed by atoms with E-state index in [9.17, 15) is 5.02 Å². The van der Waals surface area contributed by atoms with Crippen molar-refractivity contribution in [2.24, 2.45) is 0 Å². The Hall–Kier alpha value is -1.78. The molecule has 102 valence electrons. The molecule has 4 heteroatoms. The molecular weight excluding hydrogens is 251 g/mol. The van der Waals surface area contributed by atoms with Crippen molar-refractivity contribution in [1.82, 2.24) is 0 Å². The summed E-state index contributed by atoms with van der Waals surface area (Å²) >= 11 is 0. The van der Waals surface area contributed by atoms with E-state index in [-0.39, 0.29) is 0 Å². The zero-order valence-corrected chi connectivity index (χ0v) is 11.7. The second-order valence-electron chi connectivity index (χ2n) is 5.15. The summed E-state index contributed by atoms with van der Waals surface area (Å²) in [5.74, 6) is 0.814. The van der Waals surface area contributed by atoms with Gasteiger partial charge in [0.05, 0.1) is 6.61 Å². The van der Waals surface area contributed by atoms with Gasteiger partial charge in [0.25, 0.3) is 0 Å². The highest BCUT2D eigenvalue weighted by atomic mass is 16.5. The Morgan fingerprint density at radius 2 is 2.00 bits per heavy atom. The van der Waals surface area contributed by atoms with Crippen LogP contribution in [-0.2, 0) is 17.9 Å². The highest BCUT2D eigenvalue weighted by Gasteiger charge is 2.31. The first-order chi connectivity index (χ1) is 9.66. The zero-order valence-electron chi connectivity index (χ0n) is 11.7. The Bertz CT molecular complexity index is 625. The predicted molar refractivity (Wildman–Crippen MR) is 79.1 cm³/mol. The van der Waals surface area contributed by atoms with E-state index in [1.165, 1.54) is 0 Å². The molecule has 3 rings (SSSR count). The quantitative estimate of drug-likeness (QED) is 0.866. The Kier molecular flexibility index (Phi) is 3.51. The standard InChI is InChI=1S/C16H17BO3/c1-11-8-15(19-9-13-6-4-3-5-7-13)12(2)16-14(11)10-20-17(16)18/h3-8,18H,9-10H2,1-2H3. The number of aryl methyl sites for hydroxylation is 1. The van der Waals surface area contributed by atoms with Crippen molar-refractivity contribution in [3.63, 3.8) is 0 Å². The van der Waals surface area contributed by atoms with Crippen LogP contribution in [0.4, 0.5) is 0 Å². The molecule has 1 aliphatic rings. The normalized spacial score (nSPS) is 13.4. The monoisotopic (exact) mass is 268 g/mol. The van der Waals surface area contributed by atoms with Crippen molar-refractivity contribution >= 4 is 12.6 Å². The molecule has 0 unspecified atom stereocenters. The summed E-state index contributed by atoms with van der Waals surface area (Å²) in [6.07, 6.45) is 0. The molecule has 20 heavy (non-hydrogen) atoms. The van der Waals surface area contributed by atoms with Crippen molar-refractivity contribution < 1.29 is 14.4 Å². The van der Waals surface area contributed by atoms with E-state index in [1.54, 1.807) is 0 Å². The molecule has 0 saturated heterocycles. The second kappa shape index (κ2) is 5.31. The summed E-state index contributed by atoms with van der Waals surface area (Å²) in [5.41, 5.74) is 5.15. The van der Waals surface area contributed by atoms with E-state index in [0.29, 0.717) is 13.2 Å². The summed E-state index contributed by atoms with van der Waals surface area (Å²) < 4.78 is 11.2. The highest BCUT2D eigenvalue weighted by molar-refractivity contribution is 6.62. The van der Waals surface area contributed by atoms with Gasteiger partial charge in [0.1, 0.15) is 12.4 Å².